The summed E-state index contributed by atoms with van der Waals surface area (Å²) in [7, 11) is 1.89. The molecule has 0 bridgehead atoms. The van der Waals surface area contributed by atoms with E-state index in [1.165, 1.54) is 49.6 Å². The van der Waals surface area contributed by atoms with Crippen molar-refractivity contribution >= 4 is 28.5 Å². The first-order valence-electron chi connectivity index (χ1n) is 9.15. The standard InChI is InChI=1S/C19H25F2N3OS/c1-13(25)24(17-10-9-14(20)11-16(17)21)18-12-26-19(23(18)2)22-15-7-5-3-4-6-8-15/h9-11,15,18H,3-8,12H2,1-2H3. The molecule has 1 aliphatic heterocycles. The third kappa shape index (κ3) is 4.19. The lowest BCUT2D eigenvalue weighted by atomic mass is 10.1. The van der Waals surface area contributed by atoms with Gasteiger partial charge in [-0.15, -0.1) is 0 Å². The van der Waals surface area contributed by atoms with Gasteiger partial charge in [-0.1, -0.05) is 37.4 Å². The van der Waals surface area contributed by atoms with Gasteiger partial charge in [-0.2, -0.15) is 0 Å². The van der Waals surface area contributed by atoms with Crippen LogP contribution in [-0.2, 0) is 4.79 Å². The molecule has 2 aliphatic rings. The molecule has 0 spiro atoms. The molecule has 1 aromatic carbocycles. The van der Waals surface area contributed by atoms with Crippen LogP contribution < -0.4 is 4.90 Å². The lowest BCUT2D eigenvalue weighted by Crippen LogP contribution is -2.48. The van der Waals surface area contributed by atoms with E-state index in [9.17, 15) is 13.6 Å². The van der Waals surface area contributed by atoms with Crippen molar-refractivity contribution in [2.45, 2.75) is 57.7 Å². The number of halogens is 2. The van der Waals surface area contributed by atoms with Crippen LogP contribution in [0.1, 0.15) is 45.4 Å². The summed E-state index contributed by atoms with van der Waals surface area (Å²) >= 11 is 1.59. The molecule has 1 amide bonds. The highest BCUT2D eigenvalue weighted by Gasteiger charge is 2.36. The van der Waals surface area contributed by atoms with Gasteiger partial charge in [0.25, 0.3) is 0 Å². The second kappa shape index (κ2) is 8.37. The van der Waals surface area contributed by atoms with Gasteiger partial charge in [0, 0.05) is 25.8 Å². The lowest BCUT2D eigenvalue weighted by Gasteiger charge is -2.33. The number of amidine groups is 1. The summed E-state index contributed by atoms with van der Waals surface area (Å²) in [5.74, 6) is -1.05. The van der Waals surface area contributed by atoms with Gasteiger partial charge in [-0.05, 0) is 25.0 Å². The Morgan fingerprint density at radius 2 is 1.92 bits per heavy atom. The maximum atomic E-state index is 14.3. The molecule has 142 valence electrons. The minimum atomic E-state index is -0.729. The van der Waals surface area contributed by atoms with E-state index in [0.717, 1.165) is 24.1 Å². The second-order valence-electron chi connectivity index (χ2n) is 6.94. The minimum Gasteiger partial charge on any atom is -0.333 e. The number of anilines is 1. The van der Waals surface area contributed by atoms with Crippen molar-refractivity contribution in [3.63, 3.8) is 0 Å². The normalized spacial score (nSPS) is 23.3. The number of nitrogens with zero attached hydrogens (tertiary/aromatic N) is 3. The number of rotatable bonds is 3. The quantitative estimate of drug-likeness (QED) is 0.728. The number of amides is 1. The van der Waals surface area contributed by atoms with Crippen LogP contribution in [0.25, 0.3) is 0 Å². The molecule has 2 fully saturated rings. The van der Waals surface area contributed by atoms with Gasteiger partial charge in [-0.3, -0.25) is 14.7 Å². The Kier molecular flexibility index (Phi) is 6.16. The zero-order valence-electron chi connectivity index (χ0n) is 15.3. The number of thioether (sulfide) groups is 1. The topological polar surface area (TPSA) is 35.9 Å². The van der Waals surface area contributed by atoms with Crippen LogP contribution >= 0.6 is 11.8 Å². The SMILES string of the molecule is CC(=O)N(c1ccc(F)cc1F)C1CSC(=NC2CCCCCC2)N1C. The third-order valence-electron chi connectivity index (χ3n) is 5.03. The fourth-order valence-electron chi connectivity index (χ4n) is 3.63. The van der Waals surface area contributed by atoms with Crippen LogP contribution in [-0.4, -0.2) is 41.0 Å². The summed E-state index contributed by atoms with van der Waals surface area (Å²) in [6.45, 7) is 1.40. The molecule has 1 saturated heterocycles. The van der Waals surface area contributed by atoms with Crippen LogP contribution in [0, 0.1) is 11.6 Å². The fraction of sp³-hybridized carbons (Fsp3) is 0.579. The van der Waals surface area contributed by atoms with Crippen molar-refractivity contribution in [1.29, 1.82) is 0 Å². The Hall–Kier alpha value is -1.63. The Bertz CT molecular complexity index is 689. The third-order valence-corrected chi connectivity index (χ3v) is 6.15. The summed E-state index contributed by atoms with van der Waals surface area (Å²) in [5, 5.41) is 0.899. The van der Waals surface area contributed by atoms with Crippen molar-refractivity contribution in [3.05, 3.63) is 29.8 Å². The van der Waals surface area contributed by atoms with Crippen LogP contribution in [0.15, 0.2) is 23.2 Å². The maximum absolute atomic E-state index is 14.3. The molecule has 7 heteroatoms. The predicted octanol–water partition coefficient (Wildman–Crippen LogP) is 4.40. The van der Waals surface area contributed by atoms with Crippen molar-refractivity contribution in [1.82, 2.24) is 4.90 Å². The Labute approximate surface area is 157 Å². The van der Waals surface area contributed by atoms with E-state index < -0.39 is 11.6 Å². The van der Waals surface area contributed by atoms with Crippen molar-refractivity contribution in [3.8, 4) is 0 Å². The van der Waals surface area contributed by atoms with E-state index in [4.69, 9.17) is 4.99 Å². The molecule has 3 rings (SSSR count). The highest BCUT2D eigenvalue weighted by molar-refractivity contribution is 8.14. The monoisotopic (exact) mass is 381 g/mol. The Morgan fingerprint density at radius 1 is 1.23 bits per heavy atom. The molecule has 0 radical (unpaired) electrons. The first kappa shape index (κ1) is 19.1. The van der Waals surface area contributed by atoms with Crippen molar-refractivity contribution < 1.29 is 13.6 Å². The predicted molar refractivity (Wildman–Crippen MR) is 102 cm³/mol. The average molecular weight is 381 g/mol. The lowest BCUT2D eigenvalue weighted by molar-refractivity contribution is -0.117. The fourth-order valence-corrected chi connectivity index (χ4v) is 4.85. The van der Waals surface area contributed by atoms with E-state index in [1.54, 1.807) is 11.8 Å². The molecule has 1 heterocycles. The zero-order valence-corrected chi connectivity index (χ0v) is 16.1. The minimum absolute atomic E-state index is 0.104. The van der Waals surface area contributed by atoms with Crippen LogP contribution in [0.4, 0.5) is 14.5 Å². The molecule has 0 aromatic heterocycles. The second-order valence-corrected chi connectivity index (χ2v) is 7.93. The summed E-state index contributed by atoms with van der Waals surface area (Å²) in [6.07, 6.45) is 6.84. The summed E-state index contributed by atoms with van der Waals surface area (Å²) in [4.78, 5) is 20.5. The smallest absolute Gasteiger partial charge is 0.225 e. The highest BCUT2D eigenvalue weighted by atomic mass is 32.2. The van der Waals surface area contributed by atoms with Crippen molar-refractivity contribution in [2.75, 3.05) is 17.7 Å². The van der Waals surface area contributed by atoms with Gasteiger partial charge in [0.15, 0.2) is 5.17 Å². The number of benzene rings is 1. The first-order chi connectivity index (χ1) is 12.5. The van der Waals surface area contributed by atoms with Crippen LogP contribution in [0.3, 0.4) is 0 Å². The van der Waals surface area contributed by atoms with Gasteiger partial charge in [0.1, 0.15) is 17.8 Å². The van der Waals surface area contributed by atoms with E-state index >= 15 is 0 Å². The number of hydrogen-bond acceptors (Lipinski definition) is 3. The summed E-state index contributed by atoms with van der Waals surface area (Å²) < 4.78 is 27.5. The average Bonchev–Trinajstić information content (AvgIpc) is 2.79. The van der Waals surface area contributed by atoms with E-state index in [-0.39, 0.29) is 17.8 Å². The van der Waals surface area contributed by atoms with Gasteiger partial charge in [0.2, 0.25) is 5.91 Å². The number of carbonyl (C=O) groups is 1. The molecule has 1 saturated carbocycles. The first-order valence-corrected chi connectivity index (χ1v) is 10.1. The molecule has 1 aromatic rings. The largest absolute Gasteiger partial charge is 0.333 e. The Morgan fingerprint density at radius 3 is 2.54 bits per heavy atom. The number of hydrogen-bond donors (Lipinski definition) is 0. The van der Waals surface area contributed by atoms with Gasteiger partial charge >= 0.3 is 0 Å². The van der Waals surface area contributed by atoms with Gasteiger partial charge in [-0.25, -0.2) is 8.78 Å². The zero-order chi connectivity index (χ0) is 18.7. The molecule has 1 unspecified atom stereocenters. The Balaban J connectivity index is 1.82. The van der Waals surface area contributed by atoms with Crippen LogP contribution in [0.5, 0.6) is 0 Å². The van der Waals surface area contributed by atoms with Gasteiger partial charge < -0.3 is 4.90 Å². The van der Waals surface area contributed by atoms with E-state index in [1.807, 2.05) is 11.9 Å². The van der Waals surface area contributed by atoms with E-state index in [2.05, 4.69) is 0 Å². The molecule has 26 heavy (non-hydrogen) atoms. The summed E-state index contributed by atoms with van der Waals surface area (Å²) in [6, 6.07) is 3.64. The molecular formula is C19H25F2N3OS. The maximum Gasteiger partial charge on any atom is 0.225 e. The molecule has 1 atom stereocenters. The summed E-state index contributed by atoms with van der Waals surface area (Å²) in [5.41, 5.74) is 0.104. The van der Waals surface area contributed by atoms with Crippen LogP contribution in [0.2, 0.25) is 0 Å². The molecule has 1 aliphatic carbocycles. The van der Waals surface area contributed by atoms with Crippen molar-refractivity contribution in [2.24, 2.45) is 4.99 Å². The molecular weight excluding hydrogens is 356 g/mol. The number of aliphatic imine (C=N–C) groups is 1. The molecule has 4 nitrogen and oxygen atoms in total. The number of carbonyl (C=O) groups excluding carboxylic acids is 1. The molecule has 0 N–H and O–H groups in total. The van der Waals surface area contributed by atoms with Gasteiger partial charge in [0.05, 0.1) is 11.7 Å². The van der Waals surface area contributed by atoms with E-state index in [0.29, 0.717) is 11.8 Å². The highest BCUT2D eigenvalue weighted by Crippen LogP contribution is 2.32.